The van der Waals surface area contributed by atoms with E-state index in [1.807, 2.05) is 11.0 Å². The van der Waals surface area contributed by atoms with Crippen molar-refractivity contribution in [1.82, 2.24) is 10.1 Å². The lowest BCUT2D eigenvalue weighted by Crippen LogP contribution is -2.39. The van der Waals surface area contributed by atoms with Gasteiger partial charge in [-0.2, -0.15) is 0 Å². The highest BCUT2D eigenvalue weighted by Gasteiger charge is 2.23. The lowest BCUT2D eigenvalue weighted by atomic mass is 9.89. The van der Waals surface area contributed by atoms with E-state index in [4.69, 9.17) is 4.52 Å². The second kappa shape index (κ2) is 8.89. The van der Waals surface area contributed by atoms with E-state index in [9.17, 15) is 9.59 Å². The first-order valence-electron chi connectivity index (χ1n) is 8.75. The van der Waals surface area contributed by atoms with Crippen LogP contribution < -0.4 is 5.32 Å². The number of carbonyl (C=O) groups excluding carboxylic acids is 2. The number of rotatable bonds is 6. The number of anilines is 1. The van der Waals surface area contributed by atoms with Gasteiger partial charge in [0, 0.05) is 19.2 Å². The first kappa shape index (κ1) is 18.5. The molecule has 0 unspecified atom stereocenters. The summed E-state index contributed by atoms with van der Waals surface area (Å²) < 4.78 is 4.90. The predicted molar refractivity (Wildman–Crippen MR) is 102 cm³/mol. The molecular formula is C19H23N3O3S. The number of aryl methyl sites for hydroxylation is 1. The molecule has 1 aromatic carbocycles. The summed E-state index contributed by atoms with van der Waals surface area (Å²) >= 11 is 1.32. The fourth-order valence-corrected chi connectivity index (χ4v) is 3.83. The maximum absolute atomic E-state index is 12.3. The summed E-state index contributed by atoms with van der Waals surface area (Å²) in [5.41, 5.74) is 1.36. The Hall–Kier alpha value is -2.28. The number of piperidine rings is 1. The van der Waals surface area contributed by atoms with Gasteiger partial charge in [-0.3, -0.25) is 9.59 Å². The van der Waals surface area contributed by atoms with E-state index in [1.165, 1.54) is 17.3 Å². The van der Waals surface area contributed by atoms with Crippen LogP contribution in [0.15, 0.2) is 40.9 Å². The molecule has 0 saturated carbocycles. The van der Waals surface area contributed by atoms with E-state index in [2.05, 4.69) is 34.7 Å². The number of thioether (sulfide) groups is 1. The minimum Gasteiger partial charge on any atom is -0.360 e. The van der Waals surface area contributed by atoms with Gasteiger partial charge >= 0.3 is 0 Å². The van der Waals surface area contributed by atoms with Gasteiger partial charge in [0.15, 0.2) is 5.82 Å². The number of nitrogens with zero attached hydrogens (tertiary/aromatic N) is 2. The highest BCUT2D eigenvalue weighted by Crippen LogP contribution is 2.28. The fourth-order valence-electron chi connectivity index (χ4n) is 3.11. The zero-order valence-corrected chi connectivity index (χ0v) is 15.6. The summed E-state index contributed by atoms with van der Waals surface area (Å²) in [6, 6.07) is 12.1. The van der Waals surface area contributed by atoms with Gasteiger partial charge in [-0.1, -0.05) is 35.5 Å². The molecule has 6 nitrogen and oxygen atoms in total. The molecule has 1 aliphatic rings. The predicted octanol–water partition coefficient (Wildman–Crippen LogP) is 3.06. The number of amides is 2. The van der Waals surface area contributed by atoms with Gasteiger partial charge in [-0.15, -0.1) is 11.8 Å². The molecule has 3 rings (SSSR count). The second-order valence-electron chi connectivity index (χ2n) is 6.43. The van der Waals surface area contributed by atoms with Gasteiger partial charge < -0.3 is 14.7 Å². The summed E-state index contributed by atoms with van der Waals surface area (Å²) in [4.78, 5) is 26.1. The summed E-state index contributed by atoms with van der Waals surface area (Å²) in [5.74, 6) is 2.04. The summed E-state index contributed by atoms with van der Waals surface area (Å²) in [6.07, 6.45) is 1.98. The summed E-state index contributed by atoms with van der Waals surface area (Å²) in [6.45, 7) is 3.32. The molecule has 0 spiro atoms. The molecule has 0 bridgehead atoms. The minimum atomic E-state index is -0.182. The number of benzene rings is 1. The number of likely N-dealkylation sites (tertiary alicyclic amines) is 1. The van der Waals surface area contributed by atoms with E-state index >= 15 is 0 Å². The molecule has 26 heavy (non-hydrogen) atoms. The average molecular weight is 373 g/mol. The van der Waals surface area contributed by atoms with Crippen LogP contribution in [0.25, 0.3) is 0 Å². The van der Waals surface area contributed by atoms with Crippen molar-refractivity contribution in [2.75, 3.05) is 29.9 Å². The Morgan fingerprint density at radius 2 is 1.96 bits per heavy atom. The van der Waals surface area contributed by atoms with Gasteiger partial charge in [0.1, 0.15) is 5.76 Å². The Morgan fingerprint density at radius 1 is 1.23 bits per heavy atom. The van der Waals surface area contributed by atoms with Crippen molar-refractivity contribution in [3.63, 3.8) is 0 Å². The lowest BCUT2D eigenvalue weighted by molar-refractivity contribution is -0.129. The Morgan fingerprint density at radius 3 is 2.62 bits per heavy atom. The van der Waals surface area contributed by atoms with Crippen molar-refractivity contribution in [3.05, 3.63) is 47.7 Å². The number of hydrogen-bond donors (Lipinski definition) is 1. The van der Waals surface area contributed by atoms with Crippen LogP contribution in [0.1, 0.15) is 30.1 Å². The van der Waals surface area contributed by atoms with Crippen molar-refractivity contribution in [2.24, 2.45) is 0 Å². The fraction of sp³-hybridized carbons (Fsp3) is 0.421. The summed E-state index contributed by atoms with van der Waals surface area (Å²) in [7, 11) is 0. The van der Waals surface area contributed by atoms with Crippen LogP contribution in [0.4, 0.5) is 5.82 Å². The van der Waals surface area contributed by atoms with Crippen LogP contribution in [0.5, 0.6) is 0 Å². The van der Waals surface area contributed by atoms with Crippen molar-refractivity contribution in [1.29, 1.82) is 0 Å². The quantitative estimate of drug-likeness (QED) is 0.842. The standard InChI is InChI=1S/C19H23N3O3S/c1-14-11-17(21-25-14)20-18(23)12-26-13-19(24)22-9-7-16(8-10-22)15-5-3-2-4-6-15/h2-6,11,16H,7-10,12-13H2,1H3,(H,20,21,23). The van der Waals surface area contributed by atoms with Crippen molar-refractivity contribution in [2.45, 2.75) is 25.7 Å². The molecule has 0 aliphatic carbocycles. The molecule has 2 amide bonds. The smallest absolute Gasteiger partial charge is 0.235 e. The van der Waals surface area contributed by atoms with Crippen LogP contribution in [-0.4, -0.2) is 46.5 Å². The zero-order chi connectivity index (χ0) is 18.4. The minimum absolute atomic E-state index is 0.103. The lowest BCUT2D eigenvalue weighted by Gasteiger charge is -2.32. The molecule has 1 N–H and O–H groups in total. The maximum Gasteiger partial charge on any atom is 0.235 e. The number of carbonyl (C=O) groups is 2. The molecule has 138 valence electrons. The van der Waals surface area contributed by atoms with Crippen LogP contribution >= 0.6 is 11.8 Å². The molecule has 1 saturated heterocycles. The van der Waals surface area contributed by atoms with E-state index < -0.39 is 0 Å². The Kier molecular flexibility index (Phi) is 6.33. The van der Waals surface area contributed by atoms with E-state index in [0.29, 0.717) is 23.2 Å². The van der Waals surface area contributed by atoms with Crippen molar-refractivity contribution in [3.8, 4) is 0 Å². The van der Waals surface area contributed by atoms with Gasteiger partial charge in [0.25, 0.3) is 0 Å². The normalized spacial score (nSPS) is 15.0. The molecule has 2 heterocycles. The Balaban J connectivity index is 1.36. The number of aromatic nitrogens is 1. The molecule has 0 radical (unpaired) electrons. The molecular weight excluding hydrogens is 350 g/mol. The molecule has 1 aromatic heterocycles. The molecule has 0 atom stereocenters. The van der Waals surface area contributed by atoms with E-state index in [-0.39, 0.29) is 17.6 Å². The van der Waals surface area contributed by atoms with E-state index in [0.717, 1.165) is 25.9 Å². The van der Waals surface area contributed by atoms with E-state index in [1.54, 1.807) is 13.0 Å². The monoisotopic (exact) mass is 373 g/mol. The highest BCUT2D eigenvalue weighted by molar-refractivity contribution is 8.00. The van der Waals surface area contributed by atoms with Gasteiger partial charge in [0.05, 0.1) is 11.5 Å². The number of hydrogen-bond acceptors (Lipinski definition) is 5. The number of nitrogens with one attached hydrogen (secondary N) is 1. The summed E-state index contributed by atoms with van der Waals surface area (Å²) in [5, 5.41) is 6.36. The van der Waals surface area contributed by atoms with Gasteiger partial charge in [0.2, 0.25) is 11.8 Å². The molecule has 2 aromatic rings. The Labute approximate surface area is 157 Å². The zero-order valence-electron chi connectivity index (χ0n) is 14.8. The SMILES string of the molecule is Cc1cc(NC(=O)CSCC(=O)N2CCC(c3ccccc3)CC2)no1. The average Bonchev–Trinajstić information content (AvgIpc) is 3.07. The van der Waals surface area contributed by atoms with Crippen LogP contribution in [0.2, 0.25) is 0 Å². The third-order valence-electron chi connectivity index (χ3n) is 4.47. The third kappa shape index (κ3) is 5.11. The van der Waals surface area contributed by atoms with Crippen LogP contribution in [0, 0.1) is 6.92 Å². The van der Waals surface area contributed by atoms with Crippen LogP contribution in [-0.2, 0) is 9.59 Å². The van der Waals surface area contributed by atoms with Gasteiger partial charge in [-0.05, 0) is 31.2 Å². The van der Waals surface area contributed by atoms with Crippen LogP contribution in [0.3, 0.4) is 0 Å². The maximum atomic E-state index is 12.3. The third-order valence-corrected chi connectivity index (χ3v) is 5.39. The second-order valence-corrected chi connectivity index (χ2v) is 7.42. The highest BCUT2D eigenvalue weighted by atomic mass is 32.2. The largest absolute Gasteiger partial charge is 0.360 e. The first-order chi connectivity index (χ1) is 12.6. The Bertz CT molecular complexity index is 739. The van der Waals surface area contributed by atoms with Crippen molar-refractivity contribution >= 4 is 29.4 Å². The molecule has 1 aliphatic heterocycles. The van der Waals surface area contributed by atoms with Gasteiger partial charge in [-0.25, -0.2) is 0 Å². The van der Waals surface area contributed by atoms with Crippen molar-refractivity contribution < 1.29 is 14.1 Å². The molecule has 1 fully saturated rings. The first-order valence-corrected chi connectivity index (χ1v) is 9.91. The topological polar surface area (TPSA) is 75.4 Å². The molecule has 7 heteroatoms.